The van der Waals surface area contributed by atoms with Crippen LogP contribution in [0.5, 0.6) is 0 Å². The predicted octanol–water partition coefficient (Wildman–Crippen LogP) is 2.66. The van der Waals surface area contributed by atoms with E-state index in [1.807, 2.05) is 39.9 Å². The van der Waals surface area contributed by atoms with Crippen molar-refractivity contribution in [2.24, 2.45) is 5.92 Å². The number of aromatic nitrogens is 6. The summed E-state index contributed by atoms with van der Waals surface area (Å²) in [5, 5.41) is 8.18. The maximum Gasteiger partial charge on any atom is 0.241 e. The summed E-state index contributed by atoms with van der Waals surface area (Å²) in [4.78, 5) is 18.4. The molecule has 0 bridgehead atoms. The fourth-order valence-electron chi connectivity index (χ4n) is 5.32. The molecule has 1 aliphatic heterocycles. The summed E-state index contributed by atoms with van der Waals surface area (Å²) in [6.45, 7) is 5.80. The van der Waals surface area contributed by atoms with Gasteiger partial charge in [0, 0.05) is 80.9 Å². The van der Waals surface area contributed by atoms with Crippen molar-refractivity contribution < 1.29 is 0 Å². The van der Waals surface area contributed by atoms with Crippen molar-refractivity contribution in [3.8, 4) is 11.1 Å². The van der Waals surface area contributed by atoms with Crippen molar-refractivity contribution in [3.05, 3.63) is 43.2 Å². The van der Waals surface area contributed by atoms with Crippen molar-refractivity contribution in [1.82, 2.24) is 38.8 Å². The molecule has 4 aromatic heterocycles. The van der Waals surface area contributed by atoms with Gasteiger partial charge in [-0.05, 0) is 44.7 Å². The van der Waals surface area contributed by atoms with Gasteiger partial charge in [-0.3, -0.25) is 9.30 Å². The lowest BCUT2D eigenvalue weighted by Gasteiger charge is -2.41. The first kappa shape index (κ1) is 20.6. The molecule has 1 N–H and O–H groups in total. The van der Waals surface area contributed by atoms with Gasteiger partial charge in [0.2, 0.25) is 11.7 Å². The summed E-state index contributed by atoms with van der Waals surface area (Å²) in [5.74, 6) is 2.08. The highest BCUT2D eigenvalue weighted by molar-refractivity contribution is 5.79. The Hall–Kier alpha value is -3.04. The highest BCUT2D eigenvalue weighted by Gasteiger charge is 2.27. The number of hydrogen-bond donors (Lipinski definition) is 1. The van der Waals surface area contributed by atoms with Gasteiger partial charge in [-0.15, -0.1) is 5.10 Å². The van der Waals surface area contributed by atoms with Crippen LogP contribution in [0.15, 0.2) is 43.2 Å². The highest BCUT2D eigenvalue weighted by Crippen LogP contribution is 2.29. The van der Waals surface area contributed by atoms with Crippen molar-refractivity contribution in [2.45, 2.75) is 31.7 Å². The largest absolute Gasteiger partial charge is 0.353 e. The van der Waals surface area contributed by atoms with Gasteiger partial charge in [0.1, 0.15) is 0 Å². The second kappa shape index (κ2) is 8.72. The summed E-state index contributed by atoms with van der Waals surface area (Å²) in [6.07, 6.45) is 16.6. The zero-order chi connectivity index (χ0) is 22.2. The molecular weight excluding hydrogens is 414 g/mol. The summed E-state index contributed by atoms with van der Waals surface area (Å²) in [5.41, 5.74) is 3.05. The zero-order valence-corrected chi connectivity index (χ0v) is 19.1. The average molecular weight is 446 g/mol. The molecule has 172 valence electrons. The minimum absolute atomic E-state index is 0.689. The minimum atomic E-state index is 0.689. The molecule has 5 heterocycles. The second-order valence-electron chi connectivity index (χ2n) is 9.51. The van der Waals surface area contributed by atoms with Gasteiger partial charge >= 0.3 is 0 Å². The molecule has 9 heteroatoms. The Kier molecular flexibility index (Phi) is 5.43. The first-order valence-electron chi connectivity index (χ1n) is 12.0. The number of piperazine rings is 1. The Balaban J connectivity index is 1.07. The number of nitrogens with zero attached hydrogens (tertiary/aromatic N) is 8. The van der Waals surface area contributed by atoms with Crippen molar-refractivity contribution in [2.75, 3.05) is 45.1 Å². The van der Waals surface area contributed by atoms with E-state index in [0.29, 0.717) is 17.6 Å². The molecule has 0 aromatic carbocycles. The Morgan fingerprint density at radius 3 is 2.67 bits per heavy atom. The number of fused-ring (bicyclic) bond motifs is 2. The van der Waals surface area contributed by atoms with Crippen LogP contribution in [0.3, 0.4) is 0 Å². The number of likely N-dealkylation sites (N-methyl/N-ethyl adjacent to an activating group) is 1. The monoisotopic (exact) mass is 445 g/mol. The maximum atomic E-state index is 4.70. The molecule has 2 aliphatic rings. The zero-order valence-electron chi connectivity index (χ0n) is 19.1. The van der Waals surface area contributed by atoms with Gasteiger partial charge in [-0.1, -0.05) is 0 Å². The molecule has 2 fully saturated rings. The lowest BCUT2D eigenvalue weighted by molar-refractivity contribution is 0.0825. The van der Waals surface area contributed by atoms with Gasteiger partial charge in [0.15, 0.2) is 0 Å². The Morgan fingerprint density at radius 2 is 1.82 bits per heavy atom. The smallest absolute Gasteiger partial charge is 0.241 e. The van der Waals surface area contributed by atoms with E-state index in [0.717, 1.165) is 29.2 Å². The molecule has 1 saturated carbocycles. The molecule has 33 heavy (non-hydrogen) atoms. The number of rotatable bonds is 5. The van der Waals surface area contributed by atoms with E-state index in [1.54, 1.807) is 6.20 Å². The van der Waals surface area contributed by atoms with E-state index in [1.165, 1.54) is 51.9 Å². The SMILES string of the molecule is CN1CCN(C2CCC(CNc3ncc4c(-c5cnc6nccn6c5)ccn4n3)CC2)CC1. The van der Waals surface area contributed by atoms with Gasteiger partial charge in [0.25, 0.3) is 0 Å². The predicted molar refractivity (Wildman–Crippen MR) is 128 cm³/mol. The molecule has 0 atom stereocenters. The van der Waals surface area contributed by atoms with Crippen molar-refractivity contribution in [1.29, 1.82) is 0 Å². The summed E-state index contributed by atoms with van der Waals surface area (Å²) in [6, 6.07) is 2.84. The lowest BCUT2D eigenvalue weighted by Crippen LogP contribution is -2.50. The molecule has 1 saturated heterocycles. The van der Waals surface area contributed by atoms with Crippen LogP contribution in [0.2, 0.25) is 0 Å². The van der Waals surface area contributed by atoms with E-state index < -0.39 is 0 Å². The summed E-state index contributed by atoms with van der Waals surface area (Å²) < 4.78 is 3.82. The molecular formula is C24H31N9. The van der Waals surface area contributed by atoms with Crippen LogP contribution in [0.4, 0.5) is 5.95 Å². The summed E-state index contributed by atoms with van der Waals surface area (Å²) in [7, 11) is 2.23. The second-order valence-corrected chi connectivity index (χ2v) is 9.51. The van der Waals surface area contributed by atoms with E-state index in [9.17, 15) is 0 Å². The van der Waals surface area contributed by atoms with Crippen LogP contribution < -0.4 is 5.32 Å². The number of imidazole rings is 1. The Bertz CT molecular complexity index is 1230. The molecule has 9 nitrogen and oxygen atoms in total. The standard InChI is InChI=1S/C24H31N9/c1-30-10-12-31(13-11-30)20-4-2-18(3-5-20)14-26-23-27-16-22-21(6-8-33(22)29-23)19-15-28-24-25-7-9-32(24)17-19/h6-9,15-18,20H,2-5,10-14H2,1H3,(H,26,29). The minimum Gasteiger partial charge on any atom is -0.353 e. The van der Waals surface area contributed by atoms with Gasteiger partial charge in [-0.25, -0.2) is 19.5 Å². The maximum absolute atomic E-state index is 4.70. The number of anilines is 1. The van der Waals surface area contributed by atoms with Crippen molar-refractivity contribution >= 4 is 17.2 Å². The van der Waals surface area contributed by atoms with Crippen LogP contribution in [0.25, 0.3) is 22.4 Å². The van der Waals surface area contributed by atoms with Crippen LogP contribution in [-0.4, -0.2) is 84.6 Å². The van der Waals surface area contributed by atoms with E-state index in [2.05, 4.69) is 43.2 Å². The van der Waals surface area contributed by atoms with E-state index >= 15 is 0 Å². The highest BCUT2D eigenvalue weighted by atomic mass is 15.3. The Morgan fingerprint density at radius 1 is 0.970 bits per heavy atom. The molecule has 1 aliphatic carbocycles. The fraction of sp³-hybridized carbons (Fsp3) is 0.500. The fourth-order valence-corrected chi connectivity index (χ4v) is 5.32. The summed E-state index contributed by atoms with van der Waals surface area (Å²) >= 11 is 0. The molecule has 0 spiro atoms. The topological polar surface area (TPSA) is 78.9 Å². The van der Waals surface area contributed by atoms with Gasteiger partial charge < -0.3 is 10.2 Å². The number of nitrogens with one attached hydrogen (secondary N) is 1. The van der Waals surface area contributed by atoms with Crippen LogP contribution in [0, 0.1) is 5.92 Å². The van der Waals surface area contributed by atoms with E-state index in [-0.39, 0.29) is 0 Å². The quantitative estimate of drug-likeness (QED) is 0.506. The molecule has 6 rings (SSSR count). The van der Waals surface area contributed by atoms with Crippen LogP contribution >= 0.6 is 0 Å². The van der Waals surface area contributed by atoms with Crippen LogP contribution in [0.1, 0.15) is 25.7 Å². The first-order valence-corrected chi connectivity index (χ1v) is 12.0. The van der Waals surface area contributed by atoms with Crippen LogP contribution in [-0.2, 0) is 0 Å². The molecule has 4 aromatic rings. The third kappa shape index (κ3) is 4.18. The third-order valence-corrected chi connectivity index (χ3v) is 7.39. The molecule has 0 radical (unpaired) electrons. The molecule has 0 unspecified atom stereocenters. The normalized spacial score (nSPS) is 22.8. The lowest BCUT2D eigenvalue weighted by atomic mass is 9.85. The van der Waals surface area contributed by atoms with Gasteiger partial charge in [0.05, 0.1) is 11.7 Å². The average Bonchev–Trinajstić information content (AvgIpc) is 3.50. The first-order chi connectivity index (χ1) is 16.2. The third-order valence-electron chi connectivity index (χ3n) is 7.39. The molecule has 0 amide bonds. The number of hydrogen-bond acceptors (Lipinski definition) is 7. The van der Waals surface area contributed by atoms with E-state index in [4.69, 9.17) is 5.10 Å². The van der Waals surface area contributed by atoms with Crippen molar-refractivity contribution in [3.63, 3.8) is 0 Å². The van der Waals surface area contributed by atoms with Gasteiger partial charge in [-0.2, -0.15) is 0 Å². The Labute approximate surface area is 193 Å².